The number of aromatic nitrogens is 1. The van der Waals surface area contributed by atoms with Crippen molar-refractivity contribution in [3.05, 3.63) is 52.7 Å². The van der Waals surface area contributed by atoms with Gasteiger partial charge >= 0.3 is 0 Å². The Balaban J connectivity index is 2.25. The van der Waals surface area contributed by atoms with Crippen molar-refractivity contribution >= 4 is 5.82 Å². The number of aryl methyl sites for hydroxylation is 2. The van der Waals surface area contributed by atoms with Crippen LogP contribution in [-0.4, -0.2) is 10.1 Å². The van der Waals surface area contributed by atoms with Gasteiger partial charge in [0, 0.05) is 17.8 Å². The average Bonchev–Trinajstić information content (AvgIpc) is 2.37. The average molecular weight is 253 g/mol. The molecular formula is C15H15N3O. The molecule has 2 aromatic rings. The number of nitrogens with zero attached hydrogens (tertiary/aromatic N) is 2. The van der Waals surface area contributed by atoms with Crippen LogP contribution in [0.25, 0.3) is 0 Å². The van der Waals surface area contributed by atoms with Crippen LogP contribution in [0.5, 0.6) is 5.75 Å². The lowest BCUT2D eigenvalue weighted by molar-refractivity contribution is 0.469. The Morgan fingerprint density at radius 3 is 2.74 bits per heavy atom. The molecule has 0 saturated carbocycles. The summed E-state index contributed by atoms with van der Waals surface area (Å²) in [6.07, 6.45) is 0. The number of phenols is 1. The van der Waals surface area contributed by atoms with Crippen LogP contribution in [0.3, 0.4) is 0 Å². The number of hydrogen-bond acceptors (Lipinski definition) is 4. The summed E-state index contributed by atoms with van der Waals surface area (Å²) in [6, 6.07) is 11.1. The van der Waals surface area contributed by atoms with Gasteiger partial charge in [0.1, 0.15) is 17.6 Å². The highest BCUT2D eigenvalue weighted by Gasteiger charge is 2.08. The monoisotopic (exact) mass is 253 g/mol. The number of pyridine rings is 1. The molecule has 2 N–H and O–H groups in total. The molecule has 0 atom stereocenters. The van der Waals surface area contributed by atoms with Crippen LogP contribution in [0.2, 0.25) is 0 Å². The molecule has 0 saturated heterocycles. The third-order valence-corrected chi connectivity index (χ3v) is 2.89. The van der Waals surface area contributed by atoms with Gasteiger partial charge < -0.3 is 10.4 Å². The zero-order valence-corrected chi connectivity index (χ0v) is 10.9. The number of benzene rings is 1. The van der Waals surface area contributed by atoms with Crippen LogP contribution in [0.4, 0.5) is 5.82 Å². The van der Waals surface area contributed by atoms with Gasteiger partial charge in [-0.2, -0.15) is 5.26 Å². The highest BCUT2D eigenvalue weighted by molar-refractivity contribution is 5.56. The van der Waals surface area contributed by atoms with Crippen molar-refractivity contribution in [2.75, 3.05) is 5.32 Å². The van der Waals surface area contributed by atoms with E-state index in [0.717, 1.165) is 16.8 Å². The quantitative estimate of drug-likeness (QED) is 0.882. The first kappa shape index (κ1) is 12.9. The molecule has 0 aliphatic rings. The minimum absolute atomic E-state index is 0.234. The molecule has 0 amide bonds. The third kappa shape index (κ3) is 2.83. The van der Waals surface area contributed by atoms with Gasteiger partial charge in [0.05, 0.1) is 5.56 Å². The lowest BCUT2D eigenvalue weighted by atomic mass is 10.1. The van der Waals surface area contributed by atoms with Crippen molar-refractivity contribution in [3.63, 3.8) is 0 Å². The molecule has 0 spiro atoms. The second-order valence-electron chi connectivity index (χ2n) is 4.40. The van der Waals surface area contributed by atoms with Gasteiger partial charge in [0.15, 0.2) is 0 Å². The lowest BCUT2D eigenvalue weighted by Gasteiger charge is -2.11. The van der Waals surface area contributed by atoms with Gasteiger partial charge in [-0.3, -0.25) is 0 Å². The maximum Gasteiger partial charge on any atom is 0.144 e. The summed E-state index contributed by atoms with van der Waals surface area (Å²) in [5, 5.41) is 22.0. The molecule has 2 rings (SSSR count). The van der Waals surface area contributed by atoms with Gasteiger partial charge in [0.25, 0.3) is 0 Å². The maximum atomic E-state index is 9.70. The number of aromatic hydroxyl groups is 1. The first-order chi connectivity index (χ1) is 9.11. The summed E-state index contributed by atoms with van der Waals surface area (Å²) in [6.45, 7) is 4.20. The van der Waals surface area contributed by atoms with Gasteiger partial charge in [-0.1, -0.05) is 18.2 Å². The minimum atomic E-state index is 0.234. The number of hydrogen-bond donors (Lipinski definition) is 2. The van der Waals surface area contributed by atoms with E-state index < -0.39 is 0 Å². The standard InChI is InChI=1S/C15H15N3O/c1-10-7-11(2)18-15(13(10)8-16)17-9-12-5-3-4-6-14(12)19/h3-7,19H,9H2,1-2H3,(H,17,18). The van der Waals surface area contributed by atoms with Crippen LogP contribution in [0.1, 0.15) is 22.4 Å². The van der Waals surface area contributed by atoms with Crippen molar-refractivity contribution in [2.24, 2.45) is 0 Å². The molecule has 1 aromatic heterocycles. The van der Waals surface area contributed by atoms with E-state index in [-0.39, 0.29) is 5.75 Å². The predicted molar refractivity (Wildman–Crippen MR) is 73.9 cm³/mol. The topological polar surface area (TPSA) is 68.9 Å². The molecule has 1 heterocycles. The summed E-state index contributed by atoms with van der Waals surface area (Å²) >= 11 is 0. The Morgan fingerprint density at radius 1 is 1.32 bits per heavy atom. The number of nitriles is 1. The smallest absolute Gasteiger partial charge is 0.144 e. The highest BCUT2D eigenvalue weighted by atomic mass is 16.3. The fraction of sp³-hybridized carbons (Fsp3) is 0.200. The Hall–Kier alpha value is -2.54. The van der Waals surface area contributed by atoms with Crippen LogP contribution >= 0.6 is 0 Å². The Labute approximate surface area is 112 Å². The van der Waals surface area contributed by atoms with Crippen LogP contribution < -0.4 is 5.32 Å². The molecule has 4 heteroatoms. The minimum Gasteiger partial charge on any atom is -0.508 e. The maximum absolute atomic E-state index is 9.70. The number of phenolic OH excluding ortho intramolecular Hbond substituents is 1. The second-order valence-corrected chi connectivity index (χ2v) is 4.40. The zero-order valence-electron chi connectivity index (χ0n) is 10.9. The Kier molecular flexibility index (Phi) is 3.67. The first-order valence-corrected chi connectivity index (χ1v) is 6.01. The fourth-order valence-electron chi connectivity index (χ4n) is 1.95. The van der Waals surface area contributed by atoms with Crippen molar-refractivity contribution in [2.45, 2.75) is 20.4 Å². The van der Waals surface area contributed by atoms with E-state index in [1.165, 1.54) is 0 Å². The molecule has 0 bridgehead atoms. The highest BCUT2D eigenvalue weighted by Crippen LogP contribution is 2.21. The largest absolute Gasteiger partial charge is 0.508 e. The first-order valence-electron chi connectivity index (χ1n) is 6.01. The number of para-hydroxylation sites is 1. The number of nitrogens with one attached hydrogen (secondary N) is 1. The molecule has 0 radical (unpaired) electrons. The summed E-state index contributed by atoms with van der Waals surface area (Å²) in [7, 11) is 0. The molecular weight excluding hydrogens is 238 g/mol. The van der Waals surface area contributed by atoms with E-state index in [4.69, 9.17) is 5.26 Å². The van der Waals surface area contributed by atoms with Crippen molar-refractivity contribution in [3.8, 4) is 11.8 Å². The van der Waals surface area contributed by atoms with Gasteiger partial charge in [-0.25, -0.2) is 4.98 Å². The molecule has 0 aliphatic heterocycles. The van der Waals surface area contributed by atoms with Gasteiger partial charge in [0.2, 0.25) is 0 Å². The van der Waals surface area contributed by atoms with E-state index in [1.807, 2.05) is 32.0 Å². The summed E-state index contributed by atoms with van der Waals surface area (Å²) in [4.78, 5) is 4.33. The molecule has 0 unspecified atom stereocenters. The SMILES string of the molecule is Cc1cc(C)c(C#N)c(NCc2ccccc2O)n1. The molecule has 0 fully saturated rings. The Morgan fingerprint density at radius 2 is 2.05 bits per heavy atom. The lowest BCUT2D eigenvalue weighted by Crippen LogP contribution is -2.05. The summed E-state index contributed by atoms with van der Waals surface area (Å²) < 4.78 is 0. The zero-order chi connectivity index (χ0) is 13.8. The molecule has 0 aliphatic carbocycles. The number of rotatable bonds is 3. The van der Waals surface area contributed by atoms with Crippen LogP contribution in [-0.2, 0) is 6.54 Å². The van der Waals surface area contributed by atoms with Crippen molar-refractivity contribution in [1.29, 1.82) is 5.26 Å². The molecule has 19 heavy (non-hydrogen) atoms. The van der Waals surface area contributed by atoms with Crippen LogP contribution in [0.15, 0.2) is 30.3 Å². The summed E-state index contributed by atoms with van der Waals surface area (Å²) in [5.74, 6) is 0.793. The van der Waals surface area contributed by atoms with Gasteiger partial charge in [-0.15, -0.1) is 0 Å². The van der Waals surface area contributed by atoms with E-state index in [1.54, 1.807) is 12.1 Å². The van der Waals surface area contributed by atoms with E-state index in [0.29, 0.717) is 17.9 Å². The van der Waals surface area contributed by atoms with E-state index >= 15 is 0 Å². The predicted octanol–water partition coefficient (Wildman–Crippen LogP) is 2.89. The second kappa shape index (κ2) is 5.40. The fourth-order valence-corrected chi connectivity index (χ4v) is 1.95. The van der Waals surface area contributed by atoms with Crippen LogP contribution in [0, 0.1) is 25.2 Å². The van der Waals surface area contributed by atoms with Gasteiger partial charge in [-0.05, 0) is 31.5 Å². The summed E-state index contributed by atoms with van der Waals surface area (Å²) in [5.41, 5.74) is 3.07. The Bertz CT molecular complexity index is 644. The molecule has 4 nitrogen and oxygen atoms in total. The molecule has 1 aromatic carbocycles. The normalized spacial score (nSPS) is 9.95. The van der Waals surface area contributed by atoms with E-state index in [9.17, 15) is 5.11 Å². The van der Waals surface area contributed by atoms with E-state index in [2.05, 4.69) is 16.4 Å². The number of anilines is 1. The molecule has 96 valence electrons. The third-order valence-electron chi connectivity index (χ3n) is 2.89. The van der Waals surface area contributed by atoms with Crippen molar-refractivity contribution in [1.82, 2.24) is 4.98 Å². The van der Waals surface area contributed by atoms with Crippen molar-refractivity contribution < 1.29 is 5.11 Å².